The van der Waals surface area contributed by atoms with E-state index in [1.54, 1.807) is 12.3 Å². The minimum Gasteiger partial charge on any atom is -0.319 e. The van der Waals surface area contributed by atoms with E-state index in [4.69, 9.17) is 5.73 Å². The summed E-state index contributed by atoms with van der Waals surface area (Å²) >= 11 is 0. The monoisotopic (exact) mass is 244 g/mol. The lowest BCUT2D eigenvalue weighted by atomic mass is 10.0. The van der Waals surface area contributed by atoms with Crippen LogP contribution in [0.1, 0.15) is 36.2 Å². The van der Waals surface area contributed by atoms with Crippen LogP contribution in [0.15, 0.2) is 42.6 Å². The van der Waals surface area contributed by atoms with Crippen molar-refractivity contribution >= 4 is 0 Å². The highest BCUT2D eigenvalue weighted by Gasteiger charge is 2.14. The molecule has 0 aliphatic carbocycles. The lowest BCUT2D eigenvalue weighted by Gasteiger charge is -2.12. The molecule has 1 unspecified atom stereocenters. The number of pyridine rings is 1. The third-order valence-electron chi connectivity index (χ3n) is 2.96. The zero-order valence-electron chi connectivity index (χ0n) is 10.4. The molecule has 1 aromatic carbocycles. The summed E-state index contributed by atoms with van der Waals surface area (Å²) in [6, 6.07) is 10.4. The van der Waals surface area contributed by atoms with Crippen LogP contribution in [0.4, 0.5) is 4.39 Å². The molecule has 0 fully saturated rings. The Bertz CT molecular complexity index is 508. The van der Waals surface area contributed by atoms with Crippen LogP contribution in [0.3, 0.4) is 0 Å². The van der Waals surface area contributed by atoms with Gasteiger partial charge in [0.15, 0.2) is 0 Å². The van der Waals surface area contributed by atoms with Crippen molar-refractivity contribution in [3.8, 4) is 0 Å². The minimum absolute atomic E-state index is 0.292. The Morgan fingerprint density at radius 1 is 1.22 bits per heavy atom. The van der Waals surface area contributed by atoms with Crippen LogP contribution < -0.4 is 5.73 Å². The van der Waals surface area contributed by atoms with E-state index in [9.17, 15) is 4.39 Å². The number of hydrogen-bond donors (Lipinski definition) is 1. The van der Waals surface area contributed by atoms with Gasteiger partial charge in [-0.1, -0.05) is 37.6 Å². The summed E-state index contributed by atoms with van der Waals surface area (Å²) in [5.74, 6) is -0.359. The molecule has 0 aliphatic heterocycles. The van der Waals surface area contributed by atoms with E-state index < -0.39 is 6.04 Å². The number of aromatic nitrogens is 1. The molecule has 0 bridgehead atoms. The fraction of sp³-hybridized carbons (Fsp3) is 0.267. The molecular weight excluding hydrogens is 227 g/mol. The molecule has 0 saturated heterocycles. The Balaban J connectivity index is 2.23. The summed E-state index contributed by atoms with van der Waals surface area (Å²) in [5.41, 5.74) is 8.49. The fourth-order valence-corrected chi connectivity index (χ4v) is 1.96. The van der Waals surface area contributed by atoms with Gasteiger partial charge in [0.05, 0.1) is 11.7 Å². The molecule has 1 heterocycles. The van der Waals surface area contributed by atoms with Crippen LogP contribution in [-0.4, -0.2) is 4.98 Å². The van der Waals surface area contributed by atoms with Crippen molar-refractivity contribution < 1.29 is 4.39 Å². The highest BCUT2D eigenvalue weighted by atomic mass is 19.1. The Hall–Kier alpha value is -1.74. The first-order chi connectivity index (χ1) is 8.72. The van der Waals surface area contributed by atoms with Crippen molar-refractivity contribution in [3.63, 3.8) is 0 Å². The third-order valence-corrected chi connectivity index (χ3v) is 2.96. The van der Waals surface area contributed by atoms with Gasteiger partial charge in [-0.3, -0.25) is 4.98 Å². The fourth-order valence-electron chi connectivity index (χ4n) is 1.96. The molecule has 2 aromatic rings. The Morgan fingerprint density at radius 3 is 2.56 bits per heavy atom. The predicted molar refractivity (Wildman–Crippen MR) is 70.7 cm³/mol. The van der Waals surface area contributed by atoms with Gasteiger partial charge >= 0.3 is 0 Å². The van der Waals surface area contributed by atoms with Crippen molar-refractivity contribution in [1.82, 2.24) is 4.98 Å². The highest BCUT2D eigenvalue weighted by Crippen LogP contribution is 2.20. The average molecular weight is 244 g/mol. The molecule has 18 heavy (non-hydrogen) atoms. The smallest absolute Gasteiger partial charge is 0.146 e. The van der Waals surface area contributed by atoms with Crippen LogP contribution in [-0.2, 0) is 6.42 Å². The van der Waals surface area contributed by atoms with E-state index in [1.165, 1.54) is 11.6 Å². The SMILES string of the molecule is CCCc1ccc(C(N)c2ncccc2F)cc1. The van der Waals surface area contributed by atoms with Gasteiger partial charge in [-0.15, -0.1) is 0 Å². The first-order valence-corrected chi connectivity index (χ1v) is 6.17. The van der Waals surface area contributed by atoms with Crippen LogP contribution in [0.2, 0.25) is 0 Å². The molecule has 2 nitrogen and oxygen atoms in total. The van der Waals surface area contributed by atoms with Gasteiger partial charge in [0, 0.05) is 6.20 Å². The summed E-state index contributed by atoms with van der Waals surface area (Å²) < 4.78 is 13.6. The van der Waals surface area contributed by atoms with E-state index >= 15 is 0 Å². The van der Waals surface area contributed by atoms with Gasteiger partial charge in [0.25, 0.3) is 0 Å². The lowest BCUT2D eigenvalue weighted by Crippen LogP contribution is -2.15. The van der Waals surface area contributed by atoms with E-state index in [2.05, 4.69) is 11.9 Å². The Kier molecular flexibility index (Phi) is 4.05. The molecule has 0 saturated carbocycles. The molecule has 0 spiro atoms. The van der Waals surface area contributed by atoms with Crippen molar-refractivity contribution in [3.05, 3.63) is 65.2 Å². The van der Waals surface area contributed by atoms with Crippen molar-refractivity contribution in [2.75, 3.05) is 0 Å². The molecule has 0 radical (unpaired) electrons. The maximum Gasteiger partial charge on any atom is 0.146 e. The maximum atomic E-state index is 13.6. The second kappa shape index (κ2) is 5.74. The predicted octanol–water partition coefficient (Wildman–Crippen LogP) is 3.22. The molecule has 3 heteroatoms. The summed E-state index contributed by atoms with van der Waals surface area (Å²) in [7, 11) is 0. The summed E-state index contributed by atoms with van der Waals surface area (Å²) in [5, 5.41) is 0. The molecule has 0 aliphatic rings. The number of rotatable bonds is 4. The largest absolute Gasteiger partial charge is 0.319 e. The molecule has 1 atom stereocenters. The zero-order valence-corrected chi connectivity index (χ0v) is 10.4. The summed E-state index contributed by atoms with van der Waals surface area (Å²) in [4.78, 5) is 4.01. The number of nitrogens with zero attached hydrogens (tertiary/aromatic N) is 1. The molecule has 94 valence electrons. The Labute approximate surface area is 107 Å². The van der Waals surface area contributed by atoms with Gasteiger partial charge in [-0.05, 0) is 29.7 Å². The van der Waals surface area contributed by atoms with E-state index in [1.807, 2.05) is 24.3 Å². The average Bonchev–Trinajstić information content (AvgIpc) is 2.40. The number of benzene rings is 1. The molecular formula is C15H17FN2. The maximum absolute atomic E-state index is 13.6. The molecule has 1 aromatic heterocycles. The second-order valence-electron chi connectivity index (χ2n) is 4.34. The number of aryl methyl sites for hydroxylation is 1. The van der Waals surface area contributed by atoms with Gasteiger partial charge in [0.1, 0.15) is 5.82 Å². The highest BCUT2D eigenvalue weighted by molar-refractivity contribution is 5.30. The standard InChI is InChI=1S/C15H17FN2/c1-2-4-11-6-8-12(9-7-11)14(17)15-13(16)5-3-10-18-15/h3,5-10,14H,2,4,17H2,1H3. The Morgan fingerprint density at radius 2 is 1.94 bits per heavy atom. The van der Waals surface area contributed by atoms with Gasteiger partial charge < -0.3 is 5.73 Å². The topological polar surface area (TPSA) is 38.9 Å². The molecule has 0 amide bonds. The van der Waals surface area contributed by atoms with Gasteiger partial charge in [-0.2, -0.15) is 0 Å². The third kappa shape index (κ3) is 2.74. The van der Waals surface area contributed by atoms with Crippen LogP contribution in [0.5, 0.6) is 0 Å². The molecule has 2 rings (SSSR count). The van der Waals surface area contributed by atoms with Crippen molar-refractivity contribution in [2.24, 2.45) is 5.73 Å². The summed E-state index contributed by atoms with van der Waals surface area (Å²) in [6.45, 7) is 2.14. The van der Waals surface area contributed by atoms with E-state index in [-0.39, 0.29) is 5.82 Å². The number of hydrogen-bond acceptors (Lipinski definition) is 2. The van der Waals surface area contributed by atoms with Gasteiger partial charge in [-0.25, -0.2) is 4.39 Å². The molecule has 2 N–H and O–H groups in total. The normalized spacial score (nSPS) is 12.4. The first-order valence-electron chi connectivity index (χ1n) is 6.17. The van der Waals surface area contributed by atoms with Crippen molar-refractivity contribution in [1.29, 1.82) is 0 Å². The van der Waals surface area contributed by atoms with Crippen LogP contribution >= 0.6 is 0 Å². The van der Waals surface area contributed by atoms with E-state index in [0.717, 1.165) is 18.4 Å². The minimum atomic E-state index is -0.512. The zero-order chi connectivity index (χ0) is 13.0. The summed E-state index contributed by atoms with van der Waals surface area (Å²) in [6.07, 6.45) is 3.72. The lowest BCUT2D eigenvalue weighted by molar-refractivity contribution is 0.586. The first kappa shape index (κ1) is 12.7. The second-order valence-corrected chi connectivity index (χ2v) is 4.34. The van der Waals surface area contributed by atoms with Crippen molar-refractivity contribution in [2.45, 2.75) is 25.8 Å². The number of halogens is 1. The van der Waals surface area contributed by atoms with Gasteiger partial charge in [0.2, 0.25) is 0 Å². The van der Waals surface area contributed by atoms with Crippen LogP contribution in [0, 0.1) is 5.82 Å². The number of nitrogens with two attached hydrogens (primary N) is 1. The van der Waals surface area contributed by atoms with E-state index in [0.29, 0.717) is 5.69 Å². The van der Waals surface area contributed by atoms with Crippen LogP contribution in [0.25, 0.3) is 0 Å². The quantitative estimate of drug-likeness (QED) is 0.896.